The van der Waals surface area contributed by atoms with Crippen LogP contribution in [0.4, 0.5) is 5.69 Å². The number of hydrogen-bond acceptors (Lipinski definition) is 8. The molecule has 1 atom stereocenters. The Balaban J connectivity index is 1.28. The molecule has 2 aromatic heterocycles. The first-order chi connectivity index (χ1) is 17.8. The molecule has 0 bridgehead atoms. The van der Waals surface area contributed by atoms with E-state index in [2.05, 4.69) is 34.0 Å². The fraction of sp³-hybridized carbons (Fsp3) is 0.333. The van der Waals surface area contributed by atoms with Crippen LogP contribution in [0.15, 0.2) is 41.9 Å². The first-order valence-electron chi connectivity index (χ1n) is 11.9. The number of carbonyl (C=O) groups is 2. The van der Waals surface area contributed by atoms with Gasteiger partial charge in [0.25, 0.3) is 11.8 Å². The Morgan fingerprint density at radius 1 is 1.32 bits per heavy atom. The Bertz CT molecular complexity index is 1410. The van der Waals surface area contributed by atoms with E-state index < -0.39 is 17.6 Å². The quantitative estimate of drug-likeness (QED) is 0.497. The number of rotatable bonds is 5. The highest BCUT2D eigenvalue weighted by atomic mass is 32.1. The molecular weight excluding hydrogens is 492 g/mol. The van der Waals surface area contributed by atoms with Gasteiger partial charge in [-0.05, 0) is 42.3 Å². The molecule has 2 aliphatic heterocycles. The van der Waals surface area contributed by atoms with Crippen molar-refractivity contribution in [3.05, 3.63) is 69.4 Å². The number of benzene rings is 1. The Kier molecular flexibility index (Phi) is 6.93. The Morgan fingerprint density at radius 2 is 2.16 bits per heavy atom. The minimum absolute atomic E-state index is 0.0255. The second-order valence-corrected chi connectivity index (χ2v) is 9.95. The number of thiazole rings is 1. The maximum Gasteiger partial charge on any atom is 0.270 e. The van der Waals surface area contributed by atoms with Crippen molar-refractivity contribution in [1.29, 1.82) is 0 Å². The summed E-state index contributed by atoms with van der Waals surface area (Å²) in [5.74, 6) is 5.45. The smallest absolute Gasteiger partial charge is 0.270 e. The number of likely N-dealkylation sites (N-methyl/N-ethyl adjacent to an activating group) is 1. The number of pyridine rings is 1. The maximum atomic E-state index is 13.2. The van der Waals surface area contributed by atoms with E-state index in [1.807, 2.05) is 11.4 Å². The molecule has 37 heavy (non-hydrogen) atoms. The number of fused-ring (bicyclic) bond motifs is 1. The molecule has 0 aliphatic carbocycles. The number of ether oxygens (including phenoxy) is 2. The number of hydrogen-bond donors (Lipinski definition) is 2. The van der Waals surface area contributed by atoms with Gasteiger partial charge in [-0.25, -0.2) is 4.98 Å². The molecule has 3 aromatic rings. The first-order valence-corrected chi connectivity index (χ1v) is 12.8. The molecule has 10 heteroatoms. The van der Waals surface area contributed by atoms with E-state index in [0.717, 1.165) is 22.7 Å². The molecule has 2 aliphatic rings. The third-order valence-electron chi connectivity index (χ3n) is 6.12. The summed E-state index contributed by atoms with van der Waals surface area (Å²) in [5, 5.41) is 16.0. The number of carbonyl (C=O) groups excluding carboxylic acids is 2. The van der Waals surface area contributed by atoms with Crippen LogP contribution in [0.2, 0.25) is 0 Å². The summed E-state index contributed by atoms with van der Waals surface area (Å²) in [4.78, 5) is 36.4. The summed E-state index contributed by atoms with van der Waals surface area (Å²) in [6.45, 7) is 2.39. The molecule has 0 unspecified atom stereocenters. The lowest BCUT2D eigenvalue weighted by Gasteiger charge is -2.30. The van der Waals surface area contributed by atoms with E-state index in [1.54, 1.807) is 48.8 Å². The van der Waals surface area contributed by atoms with E-state index in [0.29, 0.717) is 23.4 Å². The number of aryl methyl sites for hydroxylation is 1. The van der Waals surface area contributed by atoms with Crippen LogP contribution < -0.4 is 15.0 Å². The molecule has 0 saturated carbocycles. The van der Waals surface area contributed by atoms with Crippen molar-refractivity contribution in [3.63, 3.8) is 0 Å². The minimum atomic E-state index is -1.13. The van der Waals surface area contributed by atoms with Gasteiger partial charge in [0, 0.05) is 30.6 Å². The van der Waals surface area contributed by atoms with Gasteiger partial charge in [0.05, 0.1) is 29.6 Å². The van der Waals surface area contributed by atoms with Crippen molar-refractivity contribution >= 4 is 28.8 Å². The lowest BCUT2D eigenvalue weighted by molar-refractivity contribution is -0.140. The predicted octanol–water partition coefficient (Wildman–Crippen LogP) is 1.96. The Hall–Kier alpha value is -3.78. The lowest BCUT2D eigenvalue weighted by atomic mass is 10.0. The molecule has 2 amide bonds. The average molecular weight is 519 g/mol. The van der Waals surface area contributed by atoms with Gasteiger partial charge in [-0.1, -0.05) is 18.8 Å². The van der Waals surface area contributed by atoms with Crippen molar-refractivity contribution < 1.29 is 24.2 Å². The summed E-state index contributed by atoms with van der Waals surface area (Å²) < 4.78 is 10.9. The summed E-state index contributed by atoms with van der Waals surface area (Å²) in [6.07, 6.45) is 3.07. The summed E-state index contributed by atoms with van der Waals surface area (Å²) in [5.41, 5.74) is 2.09. The minimum Gasteiger partial charge on any atom is -0.489 e. The average Bonchev–Trinajstić information content (AvgIpc) is 3.31. The Labute approximate surface area is 218 Å². The van der Waals surface area contributed by atoms with Crippen molar-refractivity contribution in [2.24, 2.45) is 0 Å². The monoisotopic (exact) mass is 518 g/mol. The lowest BCUT2D eigenvalue weighted by Crippen LogP contribution is -2.49. The van der Waals surface area contributed by atoms with Crippen molar-refractivity contribution in [2.45, 2.75) is 31.4 Å². The topological polar surface area (TPSA) is 114 Å². The van der Waals surface area contributed by atoms with Gasteiger partial charge in [0.1, 0.15) is 24.1 Å². The third kappa shape index (κ3) is 5.49. The number of nitrogens with one attached hydrogen (secondary N) is 1. The SMILES string of the molecule is CCc1nc(Cc2ccnc(C(=O)N[C@H]3COc4ccc(C#CC5(O)COC5)cc4N(C)C3=O)c2)cs1. The van der Waals surface area contributed by atoms with Crippen LogP contribution >= 0.6 is 11.3 Å². The van der Waals surface area contributed by atoms with E-state index in [4.69, 9.17) is 9.47 Å². The molecule has 1 aromatic carbocycles. The van der Waals surface area contributed by atoms with Crippen molar-refractivity contribution in [2.75, 3.05) is 31.8 Å². The molecule has 2 N–H and O–H groups in total. The molecule has 1 saturated heterocycles. The Morgan fingerprint density at radius 3 is 2.89 bits per heavy atom. The number of amides is 2. The highest BCUT2D eigenvalue weighted by Gasteiger charge is 2.34. The number of nitrogens with zero attached hydrogens (tertiary/aromatic N) is 3. The first kappa shape index (κ1) is 24.9. The summed E-state index contributed by atoms with van der Waals surface area (Å²) in [6, 6.07) is 7.87. The zero-order chi connectivity index (χ0) is 26.0. The van der Waals surface area contributed by atoms with Crippen LogP contribution in [-0.4, -0.2) is 65.4 Å². The van der Waals surface area contributed by atoms with Gasteiger partial charge in [0.15, 0.2) is 5.60 Å². The van der Waals surface area contributed by atoms with E-state index >= 15 is 0 Å². The van der Waals surface area contributed by atoms with Gasteiger partial charge < -0.3 is 24.8 Å². The molecule has 5 rings (SSSR count). The van der Waals surface area contributed by atoms with E-state index in [9.17, 15) is 14.7 Å². The zero-order valence-corrected chi connectivity index (χ0v) is 21.3. The third-order valence-corrected chi connectivity index (χ3v) is 7.17. The van der Waals surface area contributed by atoms with Gasteiger partial charge >= 0.3 is 0 Å². The van der Waals surface area contributed by atoms with Crippen LogP contribution in [-0.2, 0) is 22.4 Å². The molecule has 0 spiro atoms. The van der Waals surface area contributed by atoms with Gasteiger partial charge in [-0.3, -0.25) is 14.6 Å². The standard InChI is InChI=1S/C27H26N4O5S/c1-3-24-29-19(14-37-24)10-18-7-9-28-20(11-18)25(32)30-21-13-36-23-5-4-17(6-8-27(34)15-35-16-27)12-22(23)31(2)26(21)33/h4-5,7,9,11-12,14,21,34H,3,10,13,15-16H2,1-2H3,(H,30,32)/t21-/m0/s1. The van der Waals surface area contributed by atoms with E-state index in [-0.39, 0.29) is 31.4 Å². The second-order valence-electron chi connectivity index (χ2n) is 9.00. The van der Waals surface area contributed by atoms with Crippen molar-refractivity contribution in [1.82, 2.24) is 15.3 Å². The molecule has 9 nitrogen and oxygen atoms in total. The van der Waals surface area contributed by atoms with Gasteiger partial charge in [-0.15, -0.1) is 11.3 Å². The van der Waals surface area contributed by atoms with E-state index in [1.165, 1.54) is 4.90 Å². The fourth-order valence-corrected chi connectivity index (χ4v) is 4.72. The number of aromatic nitrogens is 2. The van der Waals surface area contributed by atoms with Gasteiger partial charge in [-0.2, -0.15) is 0 Å². The molecule has 1 fully saturated rings. The fourth-order valence-electron chi connectivity index (χ4n) is 3.98. The van der Waals surface area contributed by atoms with Crippen molar-refractivity contribution in [3.8, 4) is 17.6 Å². The molecule has 0 radical (unpaired) electrons. The molecule has 190 valence electrons. The molecular formula is C27H26N4O5S. The number of aliphatic hydroxyl groups is 1. The number of anilines is 1. The van der Waals surface area contributed by atoms with Crippen LogP contribution in [0.1, 0.15) is 39.2 Å². The highest BCUT2D eigenvalue weighted by molar-refractivity contribution is 7.09. The largest absolute Gasteiger partial charge is 0.489 e. The zero-order valence-electron chi connectivity index (χ0n) is 20.5. The van der Waals surface area contributed by atoms with Crippen LogP contribution in [0.5, 0.6) is 5.75 Å². The highest BCUT2D eigenvalue weighted by Crippen LogP contribution is 2.31. The summed E-state index contributed by atoms with van der Waals surface area (Å²) in [7, 11) is 1.62. The summed E-state index contributed by atoms with van der Waals surface area (Å²) >= 11 is 1.62. The van der Waals surface area contributed by atoms with Crippen LogP contribution in [0.3, 0.4) is 0 Å². The second kappa shape index (κ2) is 10.3. The predicted molar refractivity (Wildman–Crippen MR) is 138 cm³/mol. The molecule has 4 heterocycles. The van der Waals surface area contributed by atoms with Crippen LogP contribution in [0, 0.1) is 11.8 Å². The normalized spacial score (nSPS) is 18.0. The maximum absolute atomic E-state index is 13.2. The van der Waals surface area contributed by atoms with Gasteiger partial charge in [0.2, 0.25) is 0 Å². The van der Waals surface area contributed by atoms with Crippen LogP contribution in [0.25, 0.3) is 0 Å².